The Labute approximate surface area is 496 Å². The van der Waals surface area contributed by atoms with Gasteiger partial charge >= 0.3 is 0 Å². The Balaban J connectivity index is 0.885. The van der Waals surface area contributed by atoms with Crippen molar-refractivity contribution in [3.63, 3.8) is 0 Å². The molecule has 86 heavy (non-hydrogen) atoms. The highest BCUT2D eigenvalue weighted by molar-refractivity contribution is 7.99. The van der Waals surface area contributed by atoms with Crippen LogP contribution >= 0.6 is 27.4 Å². The first kappa shape index (κ1) is 69.5. The maximum absolute atomic E-state index is 12.9. The van der Waals surface area contributed by atoms with Gasteiger partial charge in [-0.2, -0.15) is 11.8 Å². The number of nitrogen functional groups attached to an aromatic ring is 1. The third-order valence-corrected chi connectivity index (χ3v) is 16.1. The molecule has 1 fully saturated rings. The highest BCUT2D eigenvalue weighted by atomic mass is 32.2. The van der Waals surface area contributed by atoms with E-state index in [2.05, 4.69) is 71.0 Å². The average Bonchev–Trinajstić information content (AvgIpc) is 2.66. The highest BCUT2D eigenvalue weighted by Crippen LogP contribution is 2.56. The topological polar surface area (TPSA) is 494 Å². The first-order chi connectivity index (χ1) is 40.8. The fourth-order valence-corrected chi connectivity index (χ4v) is 10.9. The number of thioether (sulfide) groups is 1. The van der Waals surface area contributed by atoms with Gasteiger partial charge in [-0.1, -0.05) is 56.3 Å². The predicted octanol–water partition coefficient (Wildman–Crippen LogP) is -3.13. The standard InChI is InChI=1S/C51H68N12O20P2S/c1-4-10-34(62-47(71)32-16-14-31(15-17-32)40(67)30-11-6-5-7-12-30)48(72)56-22-19-37(65)61-33(45(53)70)13-8-9-20-54-38(66)26-86-24-23-55-36(64)18-21-57-49(73)43(69)51(2,3)27-80-85(77,78)83-84(75,76)79-25-35-42(82-74)41(68)50(81-35)63-29-60-39-44(52)58-28-59-46(39)63/h1,5-7,11-12,14-17,28-29,33-35,41-43,50,68-69,74H,8-10,13,18-27H2,2-3H3,(H2,53,70)(H,54,66)(H,55,64)(H,56,72)(H,57,73)(H,61,65)(H,62,71)(H,75,76)(H,77,78)(H2,52,58,59)/p-3/t33-,34+,35+,41+,42+,43-,50+/m0/s1. The molecule has 3 heterocycles. The lowest BCUT2D eigenvalue weighted by atomic mass is 9.87. The van der Waals surface area contributed by atoms with Crippen molar-refractivity contribution in [2.24, 2.45) is 11.1 Å². The summed E-state index contributed by atoms with van der Waals surface area (Å²) in [5.41, 5.74) is 10.8. The van der Waals surface area contributed by atoms with Crippen LogP contribution < -0.4 is 58.4 Å². The Morgan fingerprint density at radius 2 is 1.47 bits per heavy atom. The van der Waals surface area contributed by atoms with Crippen molar-refractivity contribution in [3.05, 3.63) is 83.9 Å². The second kappa shape index (κ2) is 33.0. The zero-order valence-electron chi connectivity index (χ0n) is 46.4. The number of anilines is 1. The lowest BCUT2D eigenvalue weighted by Gasteiger charge is -2.35. The molecule has 4 aromatic rings. The number of aromatic nitrogens is 4. The van der Waals surface area contributed by atoms with Gasteiger partial charge < -0.3 is 87.3 Å². The molecule has 0 radical (unpaired) electrons. The van der Waals surface area contributed by atoms with Crippen molar-refractivity contribution < 1.29 is 95.7 Å². The summed E-state index contributed by atoms with van der Waals surface area (Å²) in [4.78, 5) is 142. The van der Waals surface area contributed by atoms with Gasteiger partial charge in [0, 0.05) is 73.3 Å². The van der Waals surface area contributed by atoms with Crippen molar-refractivity contribution in [1.82, 2.24) is 51.4 Å². The summed E-state index contributed by atoms with van der Waals surface area (Å²) in [6, 6.07) is 12.3. The first-order valence-electron chi connectivity index (χ1n) is 26.3. The van der Waals surface area contributed by atoms with Crippen molar-refractivity contribution >= 4 is 91.5 Å². The summed E-state index contributed by atoms with van der Waals surface area (Å²) in [6.07, 6.45) is -0.447. The smallest absolute Gasteiger partial charge is 0.274 e. The van der Waals surface area contributed by atoms with Gasteiger partial charge in [0.05, 0.1) is 25.3 Å². The summed E-state index contributed by atoms with van der Waals surface area (Å²) in [7, 11) is -11.6. The second-order valence-corrected chi connectivity index (χ2v) is 23.8. The van der Waals surface area contributed by atoms with E-state index in [9.17, 15) is 72.7 Å². The molecule has 0 saturated carbocycles. The number of primary amides is 1. The monoisotopic (exact) mass is 1260 g/mol. The van der Waals surface area contributed by atoms with E-state index >= 15 is 0 Å². The van der Waals surface area contributed by atoms with Crippen LogP contribution in [0.5, 0.6) is 0 Å². The fraction of sp³-hybridized carbons (Fsp3) is 0.471. The lowest BCUT2D eigenvalue weighted by molar-refractivity contribution is -0.706. The van der Waals surface area contributed by atoms with E-state index in [4.69, 9.17) is 22.6 Å². The fourth-order valence-electron chi connectivity index (χ4n) is 8.01. The Hall–Kier alpha value is -7.28. The number of aliphatic hydroxyl groups excluding tert-OH is 2. The van der Waals surface area contributed by atoms with E-state index in [1.54, 1.807) is 30.3 Å². The number of amides is 7. The van der Waals surface area contributed by atoms with Gasteiger partial charge in [-0.3, -0.25) is 52.1 Å². The molecule has 5 rings (SSSR count). The number of ether oxygens (including phenoxy) is 1. The molecule has 2 aromatic heterocycles. The number of phosphoric acid groups is 2. The van der Waals surface area contributed by atoms with Gasteiger partial charge in [0.2, 0.25) is 35.4 Å². The predicted molar refractivity (Wildman–Crippen MR) is 297 cm³/mol. The van der Waals surface area contributed by atoms with Crippen LogP contribution in [-0.4, -0.2) is 164 Å². The maximum atomic E-state index is 12.9. The summed E-state index contributed by atoms with van der Waals surface area (Å²) in [6.45, 7) is 0.295. The molecule has 468 valence electrons. The average molecular weight is 1260 g/mol. The number of benzene rings is 2. The number of carbonyl (C=O) groups is 8. The minimum Gasteiger partial charge on any atom is -0.756 e. The molecule has 32 nitrogen and oxygen atoms in total. The number of ketones is 1. The number of carbonyl (C=O) groups excluding carboxylic acids is 8. The van der Waals surface area contributed by atoms with Crippen molar-refractivity contribution in [2.75, 3.05) is 56.6 Å². The SMILES string of the molecule is C#CC[C@@H](NC(=O)c1ccc(C(=O)c2ccccc2)cc1)C(=O)NCCC(=O)N[C@@H](CCCCNC(=O)CSCCNC(=O)CCNC(=O)[C@H](O)C(C)(C)COP(=O)([O-])OP(=O)([O-])OC[C@H]1O[C@@H](n2cnc3c(N)ncnc32)[C@H](O)[C@@H]1O[O-])C(N)=O. The quantitative estimate of drug-likeness (QED) is 0.00538. The van der Waals surface area contributed by atoms with Crippen LogP contribution in [0.15, 0.2) is 67.3 Å². The van der Waals surface area contributed by atoms with Gasteiger partial charge in [0.15, 0.2) is 23.5 Å². The molecule has 0 aliphatic carbocycles. The number of imidazole rings is 1. The van der Waals surface area contributed by atoms with Crippen molar-refractivity contribution in [2.45, 2.75) is 95.1 Å². The zero-order valence-corrected chi connectivity index (χ0v) is 49.0. The van der Waals surface area contributed by atoms with Crippen LogP contribution in [0.4, 0.5) is 5.82 Å². The molecular weight excluding hydrogens is 1190 g/mol. The molecule has 7 amide bonds. The number of terminal acetylenes is 1. The summed E-state index contributed by atoms with van der Waals surface area (Å²) < 4.78 is 45.1. The molecule has 1 aliphatic rings. The Morgan fingerprint density at radius 1 is 0.826 bits per heavy atom. The molecule has 1 aliphatic heterocycles. The Bertz CT molecular complexity index is 3160. The number of aliphatic hydroxyl groups is 2. The summed E-state index contributed by atoms with van der Waals surface area (Å²) in [5.74, 6) is -2.02. The van der Waals surface area contributed by atoms with Crippen LogP contribution in [0.2, 0.25) is 0 Å². The molecular formula is C51H65N12O20P2S-3. The van der Waals surface area contributed by atoms with Crippen LogP contribution in [0, 0.1) is 17.8 Å². The molecule has 1 saturated heterocycles. The van der Waals surface area contributed by atoms with E-state index < -0.39 is 112 Å². The molecule has 12 N–H and O–H groups in total. The Kier molecular flexibility index (Phi) is 26.7. The van der Waals surface area contributed by atoms with Crippen LogP contribution in [0.25, 0.3) is 11.2 Å². The molecule has 2 aromatic carbocycles. The third kappa shape index (κ3) is 21.3. The van der Waals surface area contributed by atoms with Crippen LogP contribution in [0.3, 0.4) is 0 Å². The highest BCUT2D eigenvalue weighted by Gasteiger charge is 2.46. The number of hydrogen-bond donors (Lipinski definition) is 10. The van der Waals surface area contributed by atoms with E-state index in [0.717, 1.165) is 12.7 Å². The molecule has 2 unspecified atom stereocenters. The maximum Gasteiger partial charge on any atom is 0.274 e. The molecule has 9 atom stereocenters. The number of phosphoric ester groups is 2. The zero-order chi connectivity index (χ0) is 63.2. The van der Waals surface area contributed by atoms with Crippen LogP contribution in [-0.2, 0) is 60.9 Å². The van der Waals surface area contributed by atoms with Crippen molar-refractivity contribution in [1.29, 1.82) is 0 Å². The number of nitrogens with zero attached hydrogens (tertiary/aromatic N) is 4. The minimum atomic E-state index is -5.81. The van der Waals surface area contributed by atoms with Gasteiger partial charge in [0.25, 0.3) is 21.6 Å². The first-order valence-corrected chi connectivity index (χ1v) is 30.4. The number of nitrogens with two attached hydrogens (primary N) is 2. The van der Waals surface area contributed by atoms with Crippen LogP contribution in [0.1, 0.15) is 84.9 Å². The normalized spacial score (nSPS) is 18.2. The lowest BCUT2D eigenvalue weighted by Crippen LogP contribution is -2.48. The van der Waals surface area contributed by atoms with Crippen molar-refractivity contribution in [3.8, 4) is 12.3 Å². The summed E-state index contributed by atoms with van der Waals surface area (Å²) in [5, 5.41) is 48.1. The number of nitrogens with one attached hydrogen (secondary N) is 6. The molecule has 35 heteroatoms. The molecule has 0 bridgehead atoms. The largest absolute Gasteiger partial charge is 0.756 e. The number of hydrogen-bond acceptors (Lipinski definition) is 25. The number of fused-ring (bicyclic) bond motifs is 1. The third-order valence-electron chi connectivity index (χ3n) is 12.7. The van der Waals surface area contributed by atoms with E-state index in [1.807, 2.05) is 0 Å². The second-order valence-electron chi connectivity index (χ2n) is 19.7. The van der Waals surface area contributed by atoms with E-state index in [1.165, 1.54) is 54.4 Å². The number of unbranched alkanes of at least 4 members (excludes halogenated alkanes) is 1. The van der Waals surface area contributed by atoms with Gasteiger partial charge in [-0.05, 0) is 31.4 Å². The van der Waals surface area contributed by atoms with Gasteiger partial charge in [0.1, 0.15) is 48.3 Å². The summed E-state index contributed by atoms with van der Waals surface area (Å²) >= 11 is 1.21. The van der Waals surface area contributed by atoms with Gasteiger partial charge in [-0.25, -0.2) is 19.3 Å². The number of rotatable bonds is 36. The molecule has 0 spiro atoms. The Morgan fingerprint density at radius 3 is 2.14 bits per heavy atom. The van der Waals surface area contributed by atoms with E-state index in [0.29, 0.717) is 29.7 Å². The minimum absolute atomic E-state index is 0.0145. The van der Waals surface area contributed by atoms with Gasteiger partial charge in [-0.15, -0.1) is 12.3 Å². The van der Waals surface area contributed by atoms with E-state index in [-0.39, 0.29) is 91.9 Å².